The summed E-state index contributed by atoms with van der Waals surface area (Å²) in [7, 11) is 0. The van der Waals surface area contributed by atoms with Crippen molar-refractivity contribution in [3.05, 3.63) is 161 Å². The summed E-state index contributed by atoms with van der Waals surface area (Å²) in [6.45, 7) is 2.18. The Morgan fingerprint density at radius 2 is 1.26 bits per heavy atom. The summed E-state index contributed by atoms with van der Waals surface area (Å²) < 4.78 is 1.42. The van der Waals surface area contributed by atoms with Gasteiger partial charge < -0.3 is 24.8 Å². The van der Waals surface area contributed by atoms with Crippen molar-refractivity contribution in [3.63, 3.8) is 0 Å². The molecule has 0 aliphatic heterocycles. The van der Waals surface area contributed by atoms with Crippen LogP contribution in [0.5, 0.6) is 0 Å². The molecule has 5 aromatic carbocycles. The van der Waals surface area contributed by atoms with Crippen LogP contribution in [-0.2, 0) is 30.7 Å². The van der Waals surface area contributed by atoms with Crippen LogP contribution in [0.4, 0.5) is 0 Å². The molecule has 0 amide bonds. The minimum Gasteiger partial charge on any atom is -0.214 e. The molecule has 0 radical (unpaired) electrons. The second-order valence-corrected chi connectivity index (χ2v) is 9.15. The average Bonchev–Trinajstić information content (AvgIpc) is 3.57. The van der Waals surface area contributed by atoms with Crippen molar-refractivity contribution in [2.45, 2.75) is 13.3 Å². The normalized spacial score (nSPS) is 10.0. The first kappa shape index (κ1) is 28.8. The predicted molar refractivity (Wildman–Crippen MR) is 136 cm³/mol. The summed E-state index contributed by atoms with van der Waals surface area (Å²) in [6.07, 6.45) is 1.05. The van der Waals surface area contributed by atoms with E-state index in [4.69, 9.17) is 0 Å². The molecule has 0 unspecified atom stereocenters. The smallest absolute Gasteiger partial charge is 0.172 e. The summed E-state index contributed by atoms with van der Waals surface area (Å²) in [6, 6.07) is 47.3. The van der Waals surface area contributed by atoms with E-state index < -0.39 is 0 Å². The number of benzene rings is 4. The minimum atomic E-state index is 0. The van der Waals surface area contributed by atoms with E-state index in [1.807, 2.05) is 36.4 Å². The van der Waals surface area contributed by atoms with Crippen LogP contribution >= 0.6 is 0 Å². The van der Waals surface area contributed by atoms with Gasteiger partial charge >= 0.3 is 99.2 Å². The second-order valence-electron chi connectivity index (χ2n) is 7.92. The molecule has 0 atom stereocenters. The molecule has 0 saturated carbocycles. The molecule has 0 bridgehead atoms. The first-order valence-electron chi connectivity index (χ1n) is 11.2. The molecule has 3 heteroatoms. The van der Waals surface area contributed by atoms with Crippen molar-refractivity contribution in [3.8, 4) is 11.1 Å². The number of hydrogen-bond acceptors (Lipinski definition) is 0. The molecule has 174 valence electrons. The summed E-state index contributed by atoms with van der Waals surface area (Å²) in [5.41, 5.74) is 9.62. The van der Waals surface area contributed by atoms with E-state index in [0.29, 0.717) is 0 Å². The van der Waals surface area contributed by atoms with Gasteiger partial charge in [-0.2, -0.15) is 42.0 Å². The fourth-order valence-corrected chi connectivity index (χ4v) is 4.80. The van der Waals surface area contributed by atoms with E-state index in [0.717, 1.165) is 6.42 Å². The van der Waals surface area contributed by atoms with Crippen LogP contribution in [0.15, 0.2) is 127 Å². The Bertz CT molecular complexity index is 1240. The van der Waals surface area contributed by atoms with Gasteiger partial charge in [0.05, 0.1) is 0 Å². The zero-order valence-corrected chi connectivity index (χ0v) is 23.6. The van der Waals surface area contributed by atoms with Gasteiger partial charge in [0.25, 0.3) is 0 Å². The Morgan fingerprint density at radius 3 is 1.80 bits per heavy atom. The quantitative estimate of drug-likeness (QED) is 0.277. The van der Waals surface area contributed by atoms with E-state index in [1.54, 1.807) is 0 Å². The van der Waals surface area contributed by atoms with Gasteiger partial charge in [-0.25, -0.2) is 12.1 Å². The first-order chi connectivity index (χ1) is 16.2. The zero-order chi connectivity index (χ0) is 22.9. The van der Waals surface area contributed by atoms with Crippen LogP contribution in [0.1, 0.15) is 27.8 Å². The minimum absolute atomic E-state index is 0. The van der Waals surface area contributed by atoms with Crippen molar-refractivity contribution in [2.75, 3.05) is 0 Å². The number of rotatable bonds is 2. The zero-order valence-electron chi connectivity index (χ0n) is 19.6. The van der Waals surface area contributed by atoms with E-state index in [1.165, 1.54) is 66.4 Å². The molecule has 0 heterocycles. The second kappa shape index (κ2) is 14.8. The van der Waals surface area contributed by atoms with Crippen molar-refractivity contribution in [2.24, 2.45) is 0 Å². The van der Waals surface area contributed by atoms with Crippen LogP contribution in [-0.4, -0.2) is 3.21 Å². The maximum Gasteiger partial charge on any atom is -0.172 e. The molecule has 0 spiro atoms. The summed E-state index contributed by atoms with van der Waals surface area (Å²) >= 11 is 1.46. The number of hydrogen-bond donors (Lipinski definition) is 0. The van der Waals surface area contributed by atoms with Gasteiger partial charge in [-0.05, 0) is 6.42 Å². The molecule has 6 rings (SSSR count). The number of halogens is 2. The Labute approximate surface area is 236 Å². The molecule has 5 aromatic rings. The van der Waals surface area contributed by atoms with Gasteiger partial charge in [0.2, 0.25) is 0 Å². The molecular formula is C32H26Cl2Zr-2. The van der Waals surface area contributed by atoms with E-state index in [9.17, 15) is 0 Å². The molecule has 0 nitrogen and oxygen atoms in total. The van der Waals surface area contributed by atoms with Crippen LogP contribution in [0.3, 0.4) is 0 Å². The fourth-order valence-electron chi connectivity index (χ4n) is 3.98. The molecule has 1 aliphatic carbocycles. The Morgan fingerprint density at radius 1 is 0.714 bits per heavy atom. The number of aryl methyl sites for hydroxylation is 1. The van der Waals surface area contributed by atoms with Gasteiger partial charge in [-0.15, -0.1) is 11.1 Å². The van der Waals surface area contributed by atoms with Crippen LogP contribution in [0, 0.1) is 13.0 Å². The summed E-state index contributed by atoms with van der Waals surface area (Å²) in [5, 5.41) is 0. The van der Waals surface area contributed by atoms with Gasteiger partial charge in [0.1, 0.15) is 0 Å². The third kappa shape index (κ3) is 7.78. The number of fused-ring (bicyclic) bond motifs is 3. The van der Waals surface area contributed by atoms with E-state index in [2.05, 4.69) is 104 Å². The molecule has 35 heavy (non-hydrogen) atoms. The summed E-state index contributed by atoms with van der Waals surface area (Å²) in [5.74, 6) is 0. The first-order valence-corrected chi connectivity index (χ1v) is 12.4. The molecule has 0 N–H and O–H groups in total. The molecular weight excluding hydrogens is 546 g/mol. The van der Waals surface area contributed by atoms with Gasteiger partial charge in [0.15, 0.2) is 0 Å². The van der Waals surface area contributed by atoms with Crippen molar-refractivity contribution in [1.82, 2.24) is 0 Å². The maximum atomic E-state index is 3.34. The van der Waals surface area contributed by atoms with Crippen LogP contribution in [0.2, 0.25) is 0 Å². The van der Waals surface area contributed by atoms with Crippen LogP contribution in [0.25, 0.3) is 11.1 Å². The van der Waals surface area contributed by atoms with E-state index >= 15 is 0 Å². The topological polar surface area (TPSA) is 0 Å². The van der Waals surface area contributed by atoms with Crippen LogP contribution < -0.4 is 24.8 Å². The van der Waals surface area contributed by atoms with Gasteiger partial charge in [-0.3, -0.25) is 0 Å². The average molecular weight is 573 g/mol. The van der Waals surface area contributed by atoms with Crippen molar-refractivity contribution < 1.29 is 49.0 Å². The standard InChI is InChI=1S/C14H11.C13H10.C5H5.2ClH.Zr/c1-10-5-4-7-12-9-11-6-2-3-8-13(11)14(10)12;1-3-7-12(8-4-1)11-13-9-5-2-6-10-13;1-2-4-5-3-1;;;/h2-6,8H,9H2,1H3;1-10H;1-5H;2*1H;/q-1;;-1;;;+2/p-2. The third-order valence-corrected chi connectivity index (χ3v) is 7.04. The van der Waals surface area contributed by atoms with E-state index in [-0.39, 0.29) is 24.8 Å². The van der Waals surface area contributed by atoms with Gasteiger partial charge in [0, 0.05) is 0 Å². The Hall–Kier alpha value is -2.44. The Balaban J connectivity index is 0.000000197. The van der Waals surface area contributed by atoms with Crippen molar-refractivity contribution in [1.29, 1.82) is 0 Å². The molecule has 0 saturated heterocycles. The Kier molecular flexibility index (Phi) is 12.2. The van der Waals surface area contributed by atoms with Crippen molar-refractivity contribution >= 4 is 3.21 Å². The SMILES string of the molecule is Cc1cc[c-]c2c1-c1ccccc1C2.[Cl-].[Cl-].[Zr+2]=[C](c1ccccc1)c1ccccc1.c1cc[cH-]c1. The van der Waals surface area contributed by atoms with Gasteiger partial charge in [-0.1, -0.05) is 42.3 Å². The maximum absolute atomic E-state index is 3.34. The predicted octanol–water partition coefficient (Wildman–Crippen LogP) is 1.58. The monoisotopic (exact) mass is 570 g/mol. The summed E-state index contributed by atoms with van der Waals surface area (Å²) in [4.78, 5) is 0. The molecule has 0 aromatic heterocycles. The third-order valence-electron chi connectivity index (χ3n) is 5.62. The largest absolute Gasteiger partial charge is 0.214 e. The fraction of sp³-hybridized carbons (Fsp3) is 0.0625. The molecule has 0 fully saturated rings. The molecule has 1 aliphatic rings.